The molecule has 98 valence electrons. The molecule has 0 unspecified atom stereocenters. The highest BCUT2D eigenvalue weighted by atomic mass is 79.9. The maximum absolute atomic E-state index is 12.1. The molecule has 20 heavy (non-hydrogen) atoms. The van der Waals surface area contributed by atoms with E-state index < -0.39 is 0 Å². The van der Waals surface area contributed by atoms with Crippen molar-refractivity contribution in [2.75, 3.05) is 5.32 Å². The number of nitrogens with one attached hydrogen (secondary N) is 1. The molecule has 0 aliphatic rings. The molecule has 1 heterocycles. The van der Waals surface area contributed by atoms with Crippen molar-refractivity contribution in [2.24, 2.45) is 0 Å². The van der Waals surface area contributed by atoms with Gasteiger partial charge < -0.3 is 5.32 Å². The number of hydrogen-bond donors (Lipinski definition) is 1. The summed E-state index contributed by atoms with van der Waals surface area (Å²) in [6.45, 7) is 0. The van der Waals surface area contributed by atoms with Crippen molar-refractivity contribution >= 4 is 38.4 Å². The molecule has 1 aromatic heterocycles. The summed E-state index contributed by atoms with van der Waals surface area (Å²) in [5.74, 6) is -0.124. The highest BCUT2D eigenvalue weighted by molar-refractivity contribution is 9.10. The molecule has 3 rings (SSSR count). The van der Waals surface area contributed by atoms with E-state index in [9.17, 15) is 4.79 Å². The average molecular weight is 327 g/mol. The van der Waals surface area contributed by atoms with Crippen LogP contribution in [0.2, 0.25) is 0 Å². The van der Waals surface area contributed by atoms with Crippen LogP contribution in [0.4, 0.5) is 5.69 Å². The smallest absolute Gasteiger partial charge is 0.255 e. The molecule has 0 aliphatic carbocycles. The SMILES string of the molecule is O=C(Nc1ccc2ncccc2c1)c1ccc(Br)cc1. The number of hydrogen-bond acceptors (Lipinski definition) is 2. The lowest BCUT2D eigenvalue weighted by Crippen LogP contribution is -2.11. The largest absolute Gasteiger partial charge is 0.322 e. The van der Waals surface area contributed by atoms with Crippen LogP contribution in [0, 0.1) is 0 Å². The van der Waals surface area contributed by atoms with Gasteiger partial charge in [0.1, 0.15) is 0 Å². The molecular formula is C16H11BrN2O. The molecule has 1 N–H and O–H groups in total. The minimum atomic E-state index is -0.124. The third kappa shape index (κ3) is 2.70. The first kappa shape index (κ1) is 12.8. The van der Waals surface area contributed by atoms with Crippen LogP contribution in [0.5, 0.6) is 0 Å². The topological polar surface area (TPSA) is 42.0 Å². The van der Waals surface area contributed by atoms with Crippen molar-refractivity contribution in [3.8, 4) is 0 Å². The number of rotatable bonds is 2. The van der Waals surface area contributed by atoms with E-state index in [1.807, 2.05) is 42.5 Å². The Morgan fingerprint density at radius 2 is 1.85 bits per heavy atom. The first-order valence-electron chi connectivity index (χ1n) is 6.14. The Bertz CT molecular complexity index is 769. The fourth-order valence-electron chi connectivity index (χ4n) is 1.96. The van der Waals surface area contributed by atoms with Crippen molar-refractivity contribution in [1.29, 1.82) is 0 Å². The van der Waals surface area contributed by atoms with E-state index in [1.165, 1.54) is 0 Å². The van der Waals surface area contributed by atoms with Crippen LogP contribution in [0.25, 0.3) is 10.9 Å². The summed E-state index contributed by atoms with van der Waals surface area (Å²) in [6, 6.07) is 16.8. The van der Waals surface area contributed by atoms with E-state index in [1.54, 1.807) is 18.3 Å². The highest BCUT2D eigenvalue weighted by Gasteiger charge is 2.06. The van der Waals surface area contributed by atoms with Crippen LogP contribution < -0.4 is 5.32 Å². The number of pyridine rings is 1. The molecule has 0 radical (unpaired) electrons. The molecule has 3 aromatic rings. The lowest BCUT2D eigenvalue weighted by atomic mass is 10.2. The van der Waals surface area contributed by atoms with Gasteiger partial charge in [0.2, 0.25) is 0 Å². The Morgan fingerprint density at radius 3 is 2.65 bits per heavy atom. The number of halogens is 1. The van der Waals surface area contributed by atoms with Crippen LogP contribution in [0.3, 0.4) is 0 Å². The second-order valence-electron chi connectivity index (χ2n) is 4.37. The fourth-order valence-corrected chi connectivity index (χ4v) is 2.22. The van der Waals surface area contributed by atoms with E-state index in [4.69, 9.17) is 0 Å². The zero-order valence-corrected chi connectivity index (χ0v) is 12.1. The van der Waals surface area contributed by atoms with E-state index in [-0.39, 0.29) is 5.91 Å². The Hall–Kier alpha value is -2.20. The molecule has 0 atom stereocenters. The van der Waals surface area contributed by atoms with Gasteiger partial charge in [0.25, 0.3) is 5.91 Å². The molecular weight excluding hydrogens is 316 g/mol. The van der Waals surface area contributed by atoms with E-state index in [0.29, 0.717) is 5.56 Å². The second kappa shape index (κ2) is 5.43. The molecule has 0 bridgehead atoms. The minimum Gasteiger partial charge on any atom is -0.322 e. The Balaban J connectivity index is 1.85. The molecule has 0 spiro atoms. The number of aromatic nitrogens is 1. The summed E-state index contributed by atoms with van der Waals surface area (Å²) in [5.41, 5.74) is 2.30. The van der Waals surface area contributed by atoms with E-state index >= 15 is 0 Å². The van der Waals surface area contributed by atoms with Gasteiger partial charge in [-0.15, -0.1) is 0 Å². The first-order chi connectivity index (χ1) is 9.72. The summed E-state index contributed by atoms with van der Waals surface area (Å²) in [4.78, 5) is 16.4. The average Bonchev–Trinajstić information content (AvgIpc) is 2.48. The Kier molecular flexibility index (Phi) is 3.48. The maximum Gasteiger partial charge on any atom is 0.255 e. The summed E-state index contributed by atoms with van der Waals surface area (Å²) in [7, 11) is 0. The van der Waals surface area contributed by atoms with Crippen molar-refractivity contribution in [2.45, 2.75) is 0 Å². The van der Waals surface area contributed by atoms with Crippen molar-refractivity contribution in [3.63, 3.8) is 0 Å². The molecule has 4 heteroatoms. The van der Waals surface area contributed by atoms with Gasteiger partial charge in [-0.1, -0.05) is 22.0 Å². The van der Waals surface area contributed by atoms with Crippen molar-refractivity contribution < 1.29 is 4.79 Å². The van der Waals surface area contributed by atoms with Crippen LogP contribution in [0.1, 0.15) is 10.4 Å². The number of amides is 1. The van der Waals surface area contributed by atoms with E-state index in [0.717, 1.165) is 21.1 Å². The van der Waals surface area contributed by atoms with Gasteiger partial charge in [-0.2, -0.15) is 0 Å². The number of anilines is 1. The zero-order chi connectivity index (χ0) is 13.9. The quantitative estimate of drug-likeness (QED) is 0.764. The third-order valence-electron chi connectivity index (χ3n) is 2.97. The summed E-state index contributed by atoms with van der Waals surface area (Å²) in [6.07, 6.45) is 1.75. The lowest BCUT2D eigenvalue weighted by Gasteiger charge is -2.06. The third-order valence-corrected chi connectivity index (χ3v) is 3.50. The van der Waals surface area contributed by atoms with Gasteiger partial charge in [-0.25, -0.2) is 0 Å². The Labute approximate surface area is 124 Å². The molecule has 0 saturated heterocycles. The predicted octanol–water partition coefficient (Wildman–Crippen LogP) is 4.25. The van der Waals surface area contributed by atoms with Crippen molar-refractivity contribution in [3.05, 3.63) is 70.8 Å². The van der Waals surface area contributed by atoms with Gasteiger partial charge in [0.15, 0.2) is 0 Å². The number of carbonyl (C=O) groups excluding carboxylic acids is 1. The van der Waals surface area contributed by atoms with Gasteiger partial charge in [0, 0.05) is 27.3 Å². The van der Waals surface area contributed by atoms with Crippen LogP contribution in [0.15, 0.2) is 65.3 Å². The monoisotopic (exact) mass is 326 g/mol. The highest BCUT2D eigenvalue weighted by Crippen LogP contribution is 2.18. The lowest BCUT2D eigenvalue weighted by molar-refractivity contribution is 0.102. The van der Waals surface area contributed by atoms with E-state index in [2.05, 4.69) is 26.2 Å². The summed E-state index contributed by atoms with van der Waals surface area (Å²) >= 11 is 3.35. The van der Waals surface area contributed by atoms with Gasteiger partial charge in [-0.3, -0.25) is 9.78 Å². The first-order valence-corrected chi connectivity index (χ1v) is 6.93. The van der Waals surface area contributed by atoms with Crippen molar-refractivity contribution in [1.82, 2.24) is 4.98 Å². The molecule has 3 nitrogen and oxygen atoms in total. The summed E-state index contributed by atoms with van der Waals surface area (Å²) in [5, 5.41) is 3.89. The van der Waals surface area contributed by atoms with Crippen LogP contribution in [-0.2, 0) is 0 Å². The standard InChI is InChI=1S/C16H11BrN2O/c17-13-5-3-11(4-6-13)16(20)19-14-7-8-15-12(10-14)2-1-9-18-15/h1-10H,(H,19,20). The molecule has 0 fully saturated rings. The van der Waals surface area contributed by atoms with Gasteiger partial charge in [0.05, 0.1) is 5.52 Å². The fraction of sp³-hybridized carbons (Fsp3) is 0. The number of benzene rings is 2. The Morgan fingerprint density at radius 1 is 1.05 bits per heavy atom. The predicted molar refractivity (Wildman–Crippen MR) is 83.8 cm³/mol. The van der Waals surface area contributed by atoms with Gasteiger partial charge >= 0.3 is 0 Å². The number of fused-ring (bicyclic) bond motifs is 1. The summed E-state index contributed by atoms with van der Waals surface area (Å²) < 4.78 is 0.950. The zero-order valence-electron chi connectivity index (χ0n) is 10.5. The second-order valence-corrected chi connectivity index (χ2v) is 5.29. The number of carbonyl (C=O) groups is 1. The molecule has 0 aliphatic heterocycles. The maximum atomic E-state index is 12.1. The van der Waals surface area contributed by atoms with Crippen LogP contribution >= 0.6 is 15.9 Å². The minimum absolute atomic E-state index is 0.124. The number of nitrogens with zero attached hydrogens (tertiary/aromatic N) is 1. The molecule has 2 aromatic carbocycles. The normalized spacial score (nSPS) is 10.4. The molecule has 1 amide bonds. The van der Waals surface area contributed by atoms with Gasteiger partial charge in [-0.05, 0) is 48.5 Å². The van der Waals surface area contributed by atoms with Crippen LogP contribution in [-0.4, -0.2) is 10.9 Å². The molecule has 0 saturated carbocycles.